The van der Waals surface area contributed by atoms with Crippen LogP contribution in [0.1, 0.15) is 24.7 Å². The van der Waals surface area contributed by atoms with Crippen molar-refractivity contribution in [2.24, 2.45) is 0 Å². The predicted molar refractivity (Wildman–Crippen MR) is 73.5 cm³/mol. The molecule has 104 valence electrons. The smallest absolute Gasteiger partial charge is 0.404 e. The Kier molecular flexibility index (Phi) is 3.37. The van der Waals surface area contributed by atoms with Crippen LogP contribution in [0.2, 0.25) is 0 Å². The van der Waals surface area contributed by atoms with E-state index in [1.807, 2.05) is 35.0 Å². The number of carbonyl (C=O) groups is 1. The molecule has 1 saturated carbocycles. The number of hydrogen-bond donors (Lipinski definition) is 2. The van der Waals surface area contributed by atoms with Crippen molar-refractivity contribution in [1.29, 1.82) is 0 Å². The van der Waals surface area contributed by atoms with Crippen LogP contribution in [0.15, 0.2) is 30.3 Å². The zero-order valence-electron chi connectivity index (χ0n) is 11.0. The van der Waals surface area contributed by atoms with Crippen LogP contribution in [0, 0.1) is 0 Å². The Balaban J connectivity index is 1.81. The van der Waals surface area contributed by atoms with E-state index in [2.05, 4.69) is 15.4 Å². The molecule has 0 aliphatic heterocycles. The zero-order chi connectivity index (χ0) is 13.9. The van der Waals surface area contributed by atoms with Crippen molar-refractivity contribution in [2.75, 3.05) is 6.54 Å². The Bertz CT molecular complexity index is 605. The molecular formula is C14H16N4O2. The molecule has 1 aromatic heterocycles. The van der Waals surface area contributed by atoms with Gasteiger partial charge < -0.3 is 10.4 Å². The van der Waals surface area contributed by atoms with Crippen LogP contribution in [-0.2, 0) is 6.42 Å². The normalized spacial score (nSPS) is 14.2. The minimum absolute atomic E-state index is 0.356. The molecule has 1 heterocycles. The molecule has 1 fully saturated rings. The van der Waals surface area contributed by atoms with E-state index in [0.29, 0.717) is 24.8 Å². The summed E-state index contributed by atoms with van der Waals surface area (Å²) in [5.74, 6) is 1.56. The molecule has 2 aromatic rings. The van der Waals surface area contributed by atoms with Crippen LogP contribution < -0.4 is 5.32 Å². The first kappa shape index (κ1) is 12.7. The highest BCUT2D eigenvalue weighted by Crippen LogP contribution is 2.35. The van der Waals surface area contributed by atoms with Crippen LogP contribution in [0.25, 0.3) is 11.4 Å². The largest absolute Gasteiger partial charge is 0.465 e. The summed E-state index contributed by atoms with van der Waals surface area (Å²) in [6.07, 6.45) is 1.79. The molecule has 1 aliphatic rings. The molecule has 1 aliphatic carbocycles. The summed E-state index contributed by atoms with van der Waals surface area (Å²) in [6.45, 7) is 0.356. The van der Waals surface area contributed by atoms with Crippen molar-refractivity contribution in [2.45, 2.75) is 25.3 Å². The van der Waals surface area contributed by atoms with Crippen molar-refractivity contribution in [3.63, 3.8) is 0 Å². The topological polar surface area (TPSA) is 80.0 Å². The van der Waals surface area contributed by atoms with Gasteiger partial charge in [0.15, 0.2) is 5.82 Å². The average molecular weight is 272 g/mol. The molecule has 2 N–H and O–H groups in total. The lowest BCUT2D eigenvalue weighted by Crippen LogP contribution is -2.24. The molecule has 1 aromatic carbocycles. The van der Waals surface area contributed by atoms with E-state index >= 15 is 0 Å². The molecule has 0 saturated heterocycles. The summed E-state index contributed by atoms with van der Waals surface area (Å²) < 4.78 is 1.95. The van der Waals surface area contributed by atoms with Gasteiger partial charge >= 0.3 is 6.09 Å². The standard InChI is InChI=1S/C14H16N4O2/c19-14(20)15-9-8-12-16-13(10-4-2-1-3-5-10)17-18(12)11-6-7-11/h1-5,11,15H,6-9H2,(H,19,20). The lowest BCUT2D eigenvalue weighted by atomic mass is 10.2. The quantitative estimate of drug-likeness (QED) is 0.873. The first-order valence-corrected chi connectivity index (χ1v) is 6.71. The lowest BCUT2D eigenvalue weighted by molar-refractivity contribution is 0.194. The number of amides is 1. The van der Waals surface area contributed by atoms with E-state index in [0.717, 1.165) is 24.2 Å². The van der Waals surface area contributed by atoms with E-state index in [-0.39, 0.29) is 0 Å². The van der Waals surface area contributed by atoms with Crippen molar-refractivity contribution < 1.29 is 9.90 Å². The van der Waals surface area contributed by atoms with Gasteiger partial charge in [-0.25, -0.2) is 14.5 Å². The molecule has 0 unspecified atom stereocenters. The molecular weight excluding hydrogens is 256 g/mol. The molecule has 3 rings (SSSR count). The molecule has 0 radical (unpaired) electrons. The Morgan fingerprint density at radius 1 is 1.35 bits per heavy atom. The predicted octanol–water partition coefficient (Wildman–Crippen LogP) is 2.09. The number of benzene rings is 1. The molecule has 6 heteroatoms. The monoisotopic (exact) mass is 272 g/mol. The summed E-state index contributed by atoms with van der Waals surface area (Å²) in [4.78, 5) is 15.1. The van der Waals surface area contributed by atoms with Crippen molar-refractivity contribution in [3.05, 3.63) is 36.2 Å². The lowest BCUT2D eigenvalue weighted by Gasteiger charge is -2.03. The fraction of sp³-hybridized carbons (Fsp3) is 0.357. The minimum Gasteiger partial charge on any atom is -0.465 e. The molecule has 0 bridgehead atoms. The molecule has 6 nitrogen and oxygen atoms in total. The fourth-order valence-electron chi connectivity index (χ4n) is 2.13. The van der Waals surface area contributed by atoms with Crippen molar-refractivity contribution in [3.8, 4) is 11.4 Å². The van der Waals surface area contributed by atoms with Gasteiger partial charge in [-0.3, -0.25) is 0 Å². The van der Waals surface area contributed by atoms with E-state index in [1.54, 1.807) is 0 Å². The summed E-state index contributed by atoms with van der Waals surface area (Å²) >= 11 is 0. The first-order chi connectivity index (χ1) is 9.74. The molecule has 1 amide bonds. The van der Waals surface area contributed by atoms with Gasteiger partial charge in [0.25, 0.3) is 0 Å². The Labute approximate surface area is 116 Å². The van der Waals surface area contributed by atoms with Crippen LogP contribution >= 0.6 is 0 Å². The van der Waals surface area contributed by atoms with Crippen LogP contribution in [-0.4, -0.2) is 32.5 Å². The van der Waals surface area contributed by atoms with Gasteiger partial charge in [0.2, 0.25) is 0 Å². The van der Waals surface area contributed by atoms with Gasteiger partial charge in [-0.2, -0.15) is 5.10 Å². The van der Waals surface area contributed by atoms with E-state index in [9.17, 15) is 4.79 Å². The number of carboxylic acid groups (broad SMARTS) is 1. The highest BCUT2D eigenvalue weighted by Gasteiger charge is 2.28. The van der Waals surface area contributed by atoms with Crippen molar-refractivity contribution >= 4 is 6.09 Å². The van der Waals surface area contributed by atoms with Crippen LogP contribution in [0.4, 0.5) is 4.79 Å². The fourth-order valence-corrected chi connectivity index (χ4v) is 2.13. The first-order valence-electron chi connectivity index (χ1n) is 6.71. The summed E-state index contributed by atoms with van der Waals surface area (Å²) in [7, 11) is 0. The summed E-state index contributed by atoms with van der Waals surface area (Å²) in [6, 6.07) is 10.3. The maximum atomic E-state index is 10.5. The molecule has 20 heavy (non-hydrogen) atoms. The van der Waals surface area contributed by atoms with Gasteiger partial charge in [-0.15, -0.1) is 0 Å². The Morgan fingerprint density at radius 2 is 2.10 bits per heavy atom. The number of hydrogen-bond acceptors (Lipinski definition) is 3. The number of rotatable bonds is 5. The van der Waals surface area contributed by atoms with Gasteiger partial charge in [-0.1, -0.05) is 30.3 Å². The highest BCUT2D eigenvalue weighted by atomic mass is 16.4. The minimum atomic E-state index is -1.01. The molecule has 0 spiro atoms. The Morgan fingerprint density at radius 3 is 2.75 bits per heavy atom. The third-order valence-corrected chi connectivity index (χ3v) is 3.25. The van der Waals surface area contributed by atoms with E-state index in [4.69, 9.17) is 5.11 Å². The van der Waals surface area contributed by atoms with E-state index in [1.165, 1.54) is 0 Å². The van der Waals surface area contributed by atoms with Gasteiger partial charge in [-0.05, 0) is 12.8 Å². The number of nitrogens with one attached hydrogen (secondary N) is 1. The SMILES string of the molecule is O=C(O)NCCc1nc(-c2ccccc2)nn1C1CC1. The average Bonchev–Trinajstić information content (AvgIpc) is 3.20. The van der Waals surface area contributed by atoms with Gasteiger partial charge in [0.1, 0.15) is 5.82 Å². The van der Waals surface area contributed by atoms with Crippen LogP contribution in [0.3, 0.4) is 0 Å². The second-order valence-electron chi connectivity index (χ2n) is 4.88. The highest BCUT2D eigenvalue weighted by molar-refractivity contribution is 5.64. The summed E-state index contributed by atoms with van der Waals surface area (Å²) in [5.41, 5.74) is 0.986. The van der Waals surface area contributed by atoms with Gasteiger partial charge in [0.05, 0.1) is 6.04 Å². The maximum absolute atomic E-state index is 10.5. The second kappa shape index (κ2) is 5.32. The Hall–Kier alpha value is -2.37. The maximum Gasteiger partial charge on any atom is 0.404 e. The van der Waals surface area contributed by atoms with E-state index < -0.39 is 6.09 Å². The van der Waals surface area contributed by atoms with Gasteiger partial charge in [0, 0.05) is 18.5 Å². The molecule has 0 atom stereocenters. The zero-order valence-corrected chi connectivity index (χ0v) is 11.0. The number of nitrogens with zero attached hydrogens (tertiary/aromatic N) is 3. The van der Waals surface area contributed by atoms with Crippen molar-refractivity contribution in [1.82, 2.24) is 20.1 Å². The third-order valence-electron chi connectivity index (χ3n) is 3.25. The number of aromatic nitrogens is 3. The third kappa shape index (κ3) is 2.79. The second-order valence-corrected chi connectivity index (χ2v) is 4.88. The summed E-state index contributed by atoms with van der Waals surface area (Å²) in [5, 5.41) is 15.5. The van der Waals surface area contributed by atoms with Crippen LogP contribution in [0.5, 0.6) is 0 Å².